The van der Waals surface area contributed by atoms with E-state index < -0.39 is 0 Å². The largest absolute Gasteiger partial charge is 1.00 e. The van der Waals surface area contributed by atoms with Gasteiger partial charge in [-0.2, -0.15) is 0 Å². The van der Waals surface area contributed by atoms with E-state index >= 15 is 0 Å². The molecular weight excluding hydrogens is 506 g/mol. The van der Waals surface area contributed by atoms with Crippen LogP contribution in [0.4, 0.5) is 5.69 Å². The van der Waals surface area contributed by atoms with Crippen molar-refractivity contribution in [1.82, 2.24) is 0 Å². The average molecular weight is 543 g/mol. The Morgan fingerprint density at radius 2 is 1.73 bits per heavy atom. The number of benzene rings is 1. The van der Waals surface area contributed by atoms with Gasteiger partial charge in [0.1, 0.15) is 11.3 Å². The van der Waals surface area contributed by atoms with Crippen molar-refractivity contribution in [3.8, 4) is 0 Å². The van der Waals surface area contributed by atoms with Crippen LogP contribution in [-0.2, 0) is 6.42 Å². The number of aliphatic hydroxyl groups is 1. The molecule has 0 unspecified atom stereocenters. The van der Waals surface area contributed by atoms with Crippen molar-refractivity contribution in [2.45, 2.75) is 46.0 Å². The number of aromatic nitrogens is 1. The van der Waals surface area contributed by atoms with Crippen molar-refractivity contribution in [3.05, 3.63) is 41.6 Å². The van der Waals surface area contributed by atoms with Gasteiger partial charge >= 0.3 is 0 Å². The maximum absolute atomic E-state index is 10.5. The number of likely N-dealkylation sites (N-methyl/N-ethyl adjacent to an activating group) is 1. The summed E-state index contributed by atoms with van der Waals surface area (Å²) in [7, 11) is 4.44. The molecule has 0 amide bonds. The normalized spacial score (nSPS) is 13.3. The molecule has 2 N–H and O–H groups in total. The van der Waals surface area contributed by atoms with Crippen molar-refractivity contribution >= 4 is 22.3 Å². The molecule has 4 nitrogen and oxygen atoms in total. The Bertz CT molecular complexity index is 850. The third-order valence-corrected chi connectivity index (χ3v) is 6.69. The van der Waals surface area contributed by atoms with Crippen LogP contribution in [0.3, 0.4) is 0 Å². The zero-order chi connectivity index (χ0) is 20.1. The van der Waals surface area contributed by atoms with Gasteiger partial charge < -0.3 is 48.5 Å². The number of H-pyrrole nitrogens is 1. The van der Waals surface area contributed by atoms with E-state index in [0.29, 0.717) is 5.76 Å². The minimum absolute atomic E-state index is 0. The third kappa shape index (κ3) is 5.98. The summed E-state index contributed by atoms with van der Waals surface area (Å²) >= 11 is 0. The molecule has 3 rings (SSSR count). The highest BCUT2D eigenvalue weighted by atomic mass is 79.9. The van der Waals surface area contributed by atoms with E-state index in [-0.39, 0.29) is 34.0 Å². The first-order valence-electron chi connectivity index (χ1n) is 10.9. The number of nitrogens with zero attached hydrogens (tertiary/aromatic N) is 2. The molecule has 0 atom stereocenters. The van der Waals surface area contributed by atoms with E-state index in [2.05, 4.69) is 56.0 Å². The number of nitrogens with one attached hydrogen (secondary N) is 1. The second-order valence-electron chi connectivity index (χ2n) is 8.49. The van der Waals surface area contributed by atoms with Gasteiger partial charge in [-0.1, -0.05) is 6.42 Å². The predicted molar refractivity (Wildman–Crippen MR) is 119 cm³/mol. The number of unbranched alkanes of at least 4 members (excludes halogenated alkanes) is 3. The minimum atomic E-state index is 0. The number of aliphatic hydroxyl groups excluding tert-OH is 1. The Balaban J connectivity index is 0.00000225. The molecule has 0 fully saturated rings. The summed E-state index contributed by atoms with van der Waals surface area (Å²) in [5.41, 5.74) is 4.45. The number of anilines is 1. The summed E-state index contributed by atoms with van der Waals surface area (Å²) in [5, 5.41) is 11.7. The van der Waals surface area contributed by atoms with E-state index in [0.717, 1.165) is 29.7 Å². The quantitative estimate of drug-likeness (QED) is 0.313. The number of fused-ring (bicyclic) bond motifs is 3. The summed E-state index contributed by atoms with van der Waals surface area (Å²) in [6, 6.07) is 6.55. The van der Waals surface area contributed by atoms with E-state index in [4.69, 9.17) is 0 Å². The van der Waals surface area contributed by atoms with E-state index in [1.165, 1.54) is 60.8 Å². The van der Waals surface area contributed by atoms with Gasteiger partial charge in [-0.3, -0.25) is 0 Å². The van der Waals surface area contributed by atoms with Gasteiger partial charge in [-0.05, 0) is 63.3 Å². The molecule has 1 aliphatic heterocycles. The van der Waals surface area contributed by atoms with Crippen molar-refractivity contribution in [3.63, 3.8) is 0 Å². The molecule has 0 radical (unpaired) electrons. The summed E-state index contributed by atoms with van der Waals surface area (Å²) in [5.74, 6) is 0.389. The molecule has 2 heterocycles. The lowest BCUT2D eigenvalue weighted by molar-refractivity contribution is -0.906. The Kier molecular flexibility index (Phi) is 10.8. The minimum Gasteiger partial charge on any atom is -1.00 e. The van der Waals surface area contributed by atoms with Crippen LogP contribution in [0.5, 0.6) is 0 Å². The highest BCUT2D eigenvalue weighted by molar-refractivity contribution is 5.95. The highest BCUT2D eigenvalue weighted by Gasteiger charge is 2.23. The number of rotatable bonds is 9. The molecule has 2 aromatic rings. The van der Waals surface area contributed by atoms with E-state index in [1.807, 2.05) is 12.3 Å². The number of aryl methyl sites for hydroxylation is 1. The van der Waals surface area contributed by atoms with E-state index in [9.17, 15) is 5.11 Å². The van der Waals surface area contributed by atoms with E-state index in [1.54, 1.807) is 0 Å². The molecule has 0 bridgehead atoms. The van der Waals surface area contributed by atoms with Gasteiger partial charge in [-0.25, -0.2) is 4.98 Å². The Labute approximate surface area is 203 Å². The van der Waals surface area contributed by atoms with Crippen LogP contribution < -0.4 is 43.8 Å². The van der Waals surface area contributed by atoms with Crippen LogP contribution in [0.25, 0.3) is 16.7 Å². The number of hydrogen-bond donors (Lipinski definition) is 1. The van der Waals surface area contributed by atoms with Crippen LogP contribution in [0.15, 0.2) is 30.5 Å². The lowest BCUT2D eigenvalue weighted by Gasteiger charge is -2.32. The number of quaternary nitrogens is 1. The summed E-state index contributed by atoms with van der Waals surface area (Å²) < 4.78 is 1.19. The molecule has 1 aromatic heterocycles. The Morgan fingerprint density at radius 3 is 2.43 bits per heavy atom. The van der Waals surface area contributed by atoms with Gasteiger partial charge in [0, 0.05) is 19.7 Å². The second-order valence-corrected chi connectivity index (χ2v) is 8.49. The number of halogens is 2. The van der Waals surface area contributed by atoms with Crippen molar-refractivity contribution in [2.75, 3.05) is 45.2 Å². The summed E-state index contributed by atoms with van der Waals surface area (Å²) in [6.07, 6.45) is 10.1. The van der Waals surface area contributed by atoms with Gasteiger partial charge in [-0.15, -0.1) is 0 Å². The first kappa shape index (κ1) is 26.9. The lowest BCUT2D eigenvalue weighted by atomic mass is 9.97. The fourth-order valence-electron chi connectivity index (χ4n) is 4.25. The first-order valence-corrected chi connectivity index (χ1v) is 10.9. The summed E-state index contributed by atoms with van der Waals surface area (Å²) in [6.45, 7) is 9.09. The third-order valence-electron chi connectivity index (χ3n) is 6.69. The molecule has 1 aliphatic rings. The molecule has 168 valence electrons. The van der Waals surface area contributed by atoms with Crippen molar-refractivity contribution in [1.29, 1.82) is 0 Å². The Hall–Kier alpha value is -1.11. The van der Waals surface area contributed by atoms with Crippen LogP contribution in [-0.4, -0.2) is 49.9 Å². The fraction of sp³-hybridized carbons (Fsp3) is 0.542. The Morgan fingerprint density at radius 1 is 1.03 bits per heavy atom. The second kappa shape index (κ2) is 12.1. The topological polar surface area (TPSA) is 37.6 Å². The zero-order valence-electron chi connectivity index (χ0n) is 18.8. The molecule has 0 saturated heterocycles. The first-order chi connectivity index (χ1) is 13.5. The monoisotopic (exact) mass is 541 g/mol. The number of pyridine rings is 1. The van der Waals surface area contributed by atoms with Crippen LogP contribution in [0.1, 0.15) is 50.7 Å². The molecule has 30 heavy (non-hydrogen) atoms. The molecule has 0 spiro atoms. The van der Waals surface area contributed by atoms with Crippen LogP contribution >= 0.6 is 0 Å². The van der Waals surface area contributed by atoms with Crippen molar-refractivity contribution in [2.24, 2.45) is 0 Å². The van der Waals surface area contributed by atoms with Crippen molar-refractivity contribution < 1.29 is 48.5 Å². The number of hydrogen-bond acceptors (Lipinski definition) is 2. The maximum atomic E-state index is 10.5. The molecule has 6 heteroatoms. The number of aromatic amines is 1. The van der Waals surface area contributed by atoms with Gasteiger partial charge in [0.05, 0.1) is 37.8 Å². The molecule has 1 aromatic carbocycles. The lowest BCUT2D eigenvalue weighted by Crippen LogP contribution is -3.00. The predicted octanol–water partition coefficient (Wildman–Crippen LogP) is -1.40. The SMILES string of the molecule is CC[N+](C)(CC)CCCCCCc1cc[nH+]c2c3c(ccc12)N(C)CC=C3O.[Br-].[Br-]. The fourth-order valence-corrected chi connectivity index (χ4v) is 4.25. The van der Waals surface area contributed by atoms with Gasteiger partial charge in [0.15, 0.2) is 6.20 Å². The zero-order valence-corrected chi connectivity index (χ0v) is 22.0. The standard InChI is InChI=1S/C24H35N3O.2BrH/c1-5-27(4,6-2)18-10-8-7-9-11-19-14-16-25-24-20(19)12-13-21-23(24)22(28)15-17-26(21)3;;/h12-16H,5-11,17-18H2,1-4H3;2*1H. The summed E-state index contributed by atoms with van der Waals surface area (Å²) in [4.78, 5) is 5.56. The molecule has 0 aliphatic carbocycles. The highest BCUT2D eigenvalue weighted by Crippen LogP contribution is 2.34. The smallest absolute Gasteiger partial charge is 0.224 e. The maximum Gasteiger partial charge on any atom is 0.224 e. The van der Waals surface area contributed by atoms with Crippen LogP contribution in [0.2, 0.25) is 0 Å². The molecular formula is C24H37Br2N3O. The van der Waals surface area contributed by atoms with Gasteiger partial charge in [0.25, 0.3) is 0 Å². The van der Waals surface area contributed by atoms with Gasteiger partial charge in [0.2, 0.25) is 5.52 Å². The molecule has 0 saturated carbocycles. The average Bonchev–Trinajstić information content (AvgIpc) is 2.72. The van der Waals surface area contributed by atoms with Crippen LogP contribution in [0, 0.1) is 0 Å².